The van der Waals surface area contributed by atoms with Crippen molar-refractivity contribution in [2.24, 2.45) is 0 Å². The maximum Gasteiger partial charge on any atom is 0.259 e. The van der Waals surface area contributed by atoms with E-state index in [-0.39, 0.29) is 5.56 Å². The van der Waals surface area contributed by atoms with Crippen LogP contribution in [0.4, 0.5) is 5.69 Å². The molecule has 8 heteroatoms. The van der Waals surface area contributed by atoms with Crippen molar-refractivity contribution in [1.82, 2.24) is 14.0 Å². The molecule has 0 bridgehead atoms. The molecule has 0 aliphatic carbocycles. The third-order valence-corrected chi connectivity index (χ3v) is 6.06. The second-order valence-electron chi connectivity index (χ2n) is 7.63. The minimum Gasteiger partial charge on any atom is -0.311 e. The van der Waals surface area contributed by atoms with E-state index in [0.29, 0.717) is 28.7 Å². The lowest BCUT2D eigenvalue weighted by Crippen LogP contribution is -2.19. The predicted octanol–water partition coefficient (Wildman–Crippen LogP) is 5.38. The Kier molecular flexibility index (Phi) is 6.77. The van der Waals surface area contributed by atoms with Gasteiger partial charge in [-0.1, -0.05) is 61.7 Å². The van der Waals surface area contributed by atoms with Gasteiger partial charge < -0.3 is 9.29 Å². The smallest absolute Gasteiger partial charge is 0.259 e. The normalized spacial score (nSPS) is 12.2. The third kappa shape index (κ3) is 4.64. The summed E-state index contributed by atoms with van der Waals surface area (Å²) in [6.45, 7) is 2.87. The van der Waals surface area contributed by atoms with Crippen LogP contribution in [-0.2, 0) is 17.5 Å². The highest BCUT2D eigenvalue weighted by atomic mass is 35.5. The van der Waals surface area contributed by atoms with Gasteiger partial charge in [-0.3, -0.25) is 9.20 Å². The van der Waals surface area contributed by atoms with Crippen molar-refractivity contribution in [2.45, 2.75) is 32.7 Å². The summed E-state index contributed by atoms with van der Waals surface area (Å²) in [7, 11) is -1.24. The zero-order chi connectivity index (χ0) is 22.7. The molecule has 6 nitrogen and oxygen atoms in total. The quantitative estimate of drug-likeness (QED) is 0.353. The number of benzene rings is 2. The SMILES string of the molecule is CCCCCn1c(-c2ccccc2NS(C)=O)cc(=O)n2cc(-c3ccc(Cl)cc3)nc12. The van der Waals surface area contributed by atoms with Gasteiger partial charge in [-0.15, -0.1) is 0 Å². The maximum absolute atomic E-state index is 13.1. The van der Waals surface area contributed by atoms with Crippen molar-refractivity contribution in [3.05, 3.63) is 76.2 Å². The van der Waals surface area contributed by atoms with Crippen molar-refractivity contribution in [1.29, 1.82) is 0 Å². The molecule has 0 saturated carbocycles. The number of nitrogens with one attached hydrogen (secondary N) is 1. The first kappa shape index (κ1) is 22.3. The molecule has 4 rings (SSSR count). The fourth-order valence-electron chi connectivity index (χ4n) is 3.77. The number of fused-ring (bicyclic) bond motifs is 1. The second kappa shape index (κ2) is 9.71. The molecule has 0 aliphatic heterocycles. The van der Waals surface area contributed by atoms with E-state index in [4.69, 9.17) is 16.6 Å². The predicted molar refractivity (Wildman–Crippen MR) is 133 cm³/mol. The average molecular weight is 469 g/mol. The van der Waals surface area contributed by atoms with Crippen LogP contribution in [0.3, 0.4) is 0 Å². The zero-order valence-electron chi connectivity index (χ0n) is 18.0. The van der Waals surface area contributed by atoms with Crippen molar-refractivity contribution >= 4 is 34.1 Å². The van der Waals surface area contributed by atoms with Crippen molar-refractivity contribution in [2.75, 3.05) is 11.0 Å². The highest BCUT2D eigenvalue weighted by Gasteiger charge is 2.17. The molecule has 2 aromatic carbocycles. The number of hydrogen-bond donors (Lipinski definition) is 1. The maximum atomic E-state index is 13.1. The van der Waals surface area contributed by atoms with Gasteiger partial charge >= 0.3 is 0 Å². The van der Waals surface area contributed by atoms with Crippen LogP contribution in [-0.4, -0.2) is 24.4 Å². The van der Waals surface area contributed by atoms with E-state index in [1.54, 1.807) is 22.9 Å². The lowest BCUT2D eigenvalue weighted by atomic mass is 10.1. The molecular formula is C24H25ClN4O2S. The number of unbranched alkanes of at least 4 members (excludes halogenated alkanes) is 2. The van der Waals surface area contributed by atoms with E-state index in [2.05, 4.69) is 16.2 Å². The Hall–Kier alpha value is -2.90. The van der Waals surface area contributed by atoms with Crippen molar-refractivity contribution < 1.29 is 4.21 Å². The minimum atomic E-state index is -1.24. The number of aromatic nitrogens is 3. The van der Waals surface area contributed by atoms with Gasteiger partial charge in [0.2, 0.25) is 5.78 Å². The van der Waals surface area contributed by atoms with Gasteiger partial charge in [0.05, 0.1) is 17.1 Å². The van der Waals surface area contributed by atoms with Crippen LogP contribution in [0, 0.1) is 0 Å². The summed E-state index contributed by atoms with van der Waals surface area (Å²) < 4.78 is 18.5. The number of aryl methyl sites for hydroxylation is 1. The van der Waals surface area contributed by atoms with E-state index >= 15 is 0 Å². The number of halogens is 1. The van der Waals surface area contributed by atoms with Gasteiger partial charge in [0.25, 0.3) is 5.56 Å². The molecule has 0 fully saturated rings. The van der Waals surface area contributed by atoms with Crippen LogP contribution >= 0.6 is 11.6 Å². The Bertz CT molecular complexity index is 1330. The Morgan fingerprint density at radius 2 is 1.84 bits per heavy atom. The zero-order valence-corrected chi connectivity index (χ0v) is 19.6. The number of nitrogens with zero attached hydrogens (tertiary/aromatic N) is 3. The van der Waals surface area contributed by atoms with E-state index in [1.807, 2.05) is 48.5 Å². The molecule has 4 aromatic rings. The molecule has 0 amide bonds. The first-order valence-electron chi connectivity index (χ1n) is 10.6. The Labute approximate surface area is 194 Å². The fourth-order valence-corrected chi connectivity index (χ4v) is 4.38. The summed E-state index contributed by atoms with van der Waals surface area (Å²) >= 11 is 6.03. The first-order valence-corrected chi connectivity index (χ1v) is 12.5. The van der Waals surface area contributed by atoms with Crippen LogP contribution in [0.1, 0.15) is 26.2 Å². The first-order chi connectivity index (χ1) is 15.5. The molecule has 2 aromatic heterocycles. The highest BCUT2D eigenvalue weighted by molar-refractivity contribution is 7.85. The number of rotatable bonds is 8. The molecule has 0 saturated heterocycles. The second-order valence-corrected chi connectivity index (χ2v) is 9.18. The summed E-state index contributed by atoms with van der Waals surface area (Å²) in [6, 6.07) is 16.6. The molecule has 1 N–H and O–H groups in total. The lowest BCUT2D eigenvalue weighted by Gasteiger charge is -2.17. The topological polar surface area (TPSA) is 68.4 Å². The number of anilines is 1. The van der Waals surface area contributed by atoms with Crippen molar-refractivity contribution in [3.8, 4) is 22.5 Å². The summed E-state index contributed by atoms with van der Waals surface area (Å²) in [4.78, 5) is 17.9. The molecule has 1 unspecified atom stereocenters. The average Bonchev–Trinajstić information content (AvgIpc) is 3.22. The molecule has 166 valence electrons. The molecule has 0 spiro atoms. The molecule has 2 heterocycles. The molecule has 1 atom stereocenters. The molecular weight excluding hydrogens is 444 g/mol. The van der Waals surface area contributed by atoms with Gasteiger partial charge in [-0.05, 0) is 24.6 Å². The van der Waals surface area contributed by atoms with Crippen LogP contribution < -0.4 is 10.3 Å². The highest BCUT2D eigenvalue weighted by Crippen LogP contribution is 2.30. The van der Waals surface area contributed by atoms with E-state index in [9.17, 15) is 9.00 Å². The van der Waals surface area contributed by atoms with Gasteiger partial charge in [-0.2, -0.15) is 0 Å². The fraction of sp³-hybridized carbons (Fsp3) is 0.250. The van der Waals surface area contributed by atoms with Crippen LogP contribution in [0.15, 0.2) is 65.6 Å². The van der Waals surface area contributed by atoms with Gasteiger partial charge in [-0.25, -0.2) is 9.19 Å². The summed E-state index contributed by atoms with van der Waals surface area (Å²) in [5, 5.41) is 0.649. The Balaban J connectivity index is 1.93. The summed E-state index contributed by atoms with van der Waals surface area (Å²) in [5.41, 5.74) is 3.71. The molecule has 0 aliphatic rings. The van der Waals surface area contributed by atoms with Crippen LogP contribution in [0.5, 0.6) is 0 Å². The number of imidazole rings is 1. The van der Waals surface area contributed by atoms with E-state index in [1.165, 1.54) is 0 Å². The van der Waals surface area contributed by atoms with Crippen molar-refractivity contribution in [3.63, 3.8) is 0 Å². The van der Waals surface area contributed by atoms with Gasteiger partial charge in [0, 0.05) is 41.2 Å². The lowest BCUT2D eigenvalue weighted by molar-refractivity contribution is 0.606. The largest absolute Gasteiger partial charge is 0.311 e. The van der Waals surface area contributed by atoms with E-state index in [0.717, 1.165) is 36.1 Å². The third-order valence-electron chi connectivity index (χ3n) is 5.30. The number of hydrogen-bond acceptors (Lipinski definition) is 3. The molecule has 32 heavy (non-hydrogen) atoms. The monoisotopic (exact) mass is 468 g/mol. The minimum absolute atomic E-state index is 0.165. The van der Waals surface area contributed by atoms with Gasteiger partial charge in [0.15, 0.2) is 0 Å². The molecule has 0 radical (unpaired) electrons. The Morgan fingerprint density at radius 1 is 1.09 bits per heavy atom. The summed E-state index contributed by atoms with van der Waals surface area (Å²) in [6.07, 6.45) is 6.47. The number of para-hydroxylation sites is 1. The van der Waals surface area contributed by atoms with E-state index < -0.39 is 11.0 Å². The van der Waals surface area contributed by atoms with Crippen LogP contribution in [0.2, 0.25) is 5.02 Å². The van der Waals surface area contributed by atoms with Gasteiger partial charge in [0.1, 0.15) is 11.0 Å². The van der Waals surface area contributed by atoms with Crippen LogP contribution in [0.25, 0.3) is 28.3 Å². The summed E-state index contributed by atoms with van der Waals surface area (Å²) in [5.74, 6) is 0.584. The Morgan fingerprint density at radius 3 is 2.56 bits per heavy atom. The standard InChI is InChI=1S/C24H25ClN4O2S/c1-3-4-7-14-28-22(19-8-5-6-9-20(19)27-32(2)31)15-23(30)29-16-21(26-24(28)29)17-10-12-18(25)13-11-17/h5-6,8-13,15-16,27H,3-4,7,14H2,1-2H3.